The second-order valence-corrected chi connectivity index (χ2v) is 5.44. The molecule has 0 saturated carbocycles. The standard InChI is InChI=1S/C11H17NO3S/c1-3-6-11(9-16(13,14)15)12-8-5-4-7-10(12)2/h4-5,7-8,11H,3,6,9H2,1-2H3/p+1. The van der Waals surface area contributed by atoms with Gasteiger partial charge < -0.3 is 0 Å². The fraction of sp³-hybridized carbons (Fsp3) is 0.545. The smallest absolute Gasteiger partial charge is 0.271 e. The molecule has 16 heavy (non-hydrogen) atoms. The molecule has 0 fully saturated rings. The molecule has 0 aromatic carbocycles. The lowest BCUT2D eigenvalue weighted by Crippen LogP contribution is -2.45. The summed E-state index contributed by atoms with van der Waals surface area (Å²) >= 11 is 0. The number of pyridine rings is 1. The van der Waals surface area contributed by atoms with Gasteiger partial charge in [0, 0.05) is 25.5 Å². The zero-order chi connectivity index (χ0) is 12.2. The monoisotopic (exact) mass is 244 g/mol. The van der Waals surface area contributed by atoms with Crippen molar-refractivity contribution in [2.75, 3.05) is 5.75 Å². The summed E-state index contributed by atoms with van der Waals surface area (Å²) in [5, 5.41) is 0. The van der Waals surface area contributed by atoms with E-state index in [1.165, 1.54) is 0 Å². The predicted molar refractivity (Wildman–Crippen MR) is 61.7 cm³/mol. The van der Waals surface area contributed by atoms with Gasteiger partial charge >= 0.3 is 0 Å². The van der Waals surface area contributed by atoms with Crippen LogP contribution in [0.3, 0.4) is 0 Å². The summed E-state index contributed by atoms with van der Waals surface area (Å²) in [4.78, 5) is 0. The molecule has 0 saturated heterocycles. The molecule has 0 aliphatic rings. The molecule has 1 N–H and O–H groups in total. The first kappa shape index (κ1) is 13.1. The second-order valence-electron chi connectivity index (χ2n) is 3.94. The van der Waals surface area contributed by atoms with Gasteiger partial charge in [0.15, 0.2) is 17.9 Å². The minimum absolute atomic E-state index is 0.193. The highest BCUT2D eigenvalue weighted by atomic mass is 32.2. The number of rotatable bonds is 5. The molecule has 0 amide bonds. The van der Waals surface area contributed by atoms with Crippen molar-refractivity contribution in [2.24, 2.45) is 0 Å². The van der Waals surface area contributed by atoms with Gasteiger partial charge in [-0.15, -0.1) is 0 Å². The van der Waals surface area contributed by atoms with Crippen LogP contribution < -0.4 is 4.57 Å². The molecule has 1 heterocycles. The Hall–Kier alpha value is -0.940. The van der Waals surface area contributed by atoms with E-state index in [1.54, 1.807) is 0 Å². The summed E-state index contributed by atoms with van der Waals surface area (Å²) in [7, 11) is -3.93. The van der Waals surface area contributed by atoms with Gasteiger partial charge in [0.05, 0.1) is 0 Å². The zero-order valence-electron chi connectivity index (χ0n) is 9.63. The molecule has 90 valence electrons. The second kappa shape index (κ2) is 5.41. The van der Waals surface area contributed by atoms with Crippen LogP contribution in [-0.2, 0) is 10.1 Å². The van der Waals surface area contributed by atoms with Crippen molar-refractivity contribution in [3.8, 4) is 0 Å². The summed E-state index contributed by atoms with van der Waals surface area (Å²) in [6, 6.07) is 5.50. The first-order chi connectivity index (χ1) is 7.44. The SMILES string of the molecule is CCCC(CS(=O)(=O)O)[n+]1ccccc1C. The predicted octanol–water partition coefficient (Wildman–Crippen LogP) is 1.51. The summed E-state index contributed by atoms with van der Waals surface area (Å²) < 4.78 is 32.7. The molecular weight excluding hydrogens is 226 g/mol. The molecule has 4 nitrogen and oxygen atoms in total. The van der Waals surface area contributed by atoms with Crippen molar-refractivity contribution in [2.45, 2.75) is 32.7 Å². The first-order valence-electron chi connectivity index (χ1n) is 5.36. The Bertz CT molecular complexity index is 442. The van der Waals surface area contributed by atoms with Crippen molar-refractivity contribution in [3.63, 3.8) is 0 Å². The number of nitrogens with zero attached hydrogens (tertiary/aromatic N) is 1. The van der Waals surface area contributed by atoms with E-state index in [1.807, 2.05) is 42.8 Å². The van der Waals surface area contributed by atoms with E-state index in [2.05, 4.69) is 0 Å². The molecule has 0 bridgehead atoms. The van der Waals surface area contributed by atoms with Crippen LogP contribution in [0.1, 0.15) is 31.5 Å². The van der Waals surface area contributed by atoms with E-state index >= 15 is 0 Å². The minimum Gasteiger partial charge on any atom is -0.285 e. The normalized spacial score (nSPS) is 13.7. The van der Waals surface area contributed by atoms with Gasteiger partial charge in [0.1, 0.15) is 5.75 Å². The Morgan fingerprint density at radius 2 is 2.12 bits per heavy atom. The summed E-state index contributed by atoms with van der Waals surface area (Å²) in [5.41, 5.74) is 0.990. The van der Waals surface area contributed by atoms with E-state index in [0.29, 0.717) is 0 Å². The molecule has 1 aromatic rings. The van der Waals surface area contributed by atoms with Crippen LogP contribution in [0.25, 0.3) is 0 Å². The number of aryl methyl sites for hydroxylation is 1. The van der Waals surface area contributed by atoms with Gasteiger partial charge in [-0.2, -0.15) is 13.0 Å². The summed E-state index contributed by atoms with van der Waals surface area (Å²) in [5.74, 6) is -0.226. The molecule has 0 aliphatic carbocycles. The minimum atomic E-state index is -3.93. The highest BCUT2D eigenvalue weighted by Crippen LogP contribution is 2.10. The Balaban J connectivity index is 2.98. The molecule has 0 aliphatic heterocycles. The first-order valence-corrected chi connectivity index (χ1v) is 6.97. The molecule has 0 spiro atoms. The molecular formula is C11H18NO3S+. The fourth-order valence-electron chi connectivity index (χ4n) is 1.83. The Morgan fingerprint density at radius 3 is 2.62 bits per heavy atom. The third-order valence-corrected chi connectivity index (χ3v) is 3.33. The van der Waals surface area contributed by atoms with Gasteiger partial charge in [-0.05, 0) is 6.42 Å². The lowest BCUT2D eigenvalue weighted by atomic mass is 10.2. The van der Waals surface area contributed by atoms with E-state index in [4.69, 9.17) is 4.55 Å². The number of aromatic nitrogens is 1. The lowest BCUT2D eigenvalue weighted by molar-refractivity contribution is -0.724. The van der Waals surface area contributed by atoms with Crippen LogP contribution in [0.2, 0.25) is 0 Å². The third kappa shape index (κ3) is 3.90. The Labute approximate surface area is 96.7 Å². The van der Waals surface area contributed by atoms with E-state index in [0.717, 1.165) is 18.5 Å². The van der Waals surface area contributed by atoms with E-state index < -0.39 is 10.1 Å². The maximum atomic E-state index is 10.9. The van der Waals surface area contributed by atoms with E-state index in [9.17, 15) is 8.42 Å². The van der Waals surface area contributed by atoms with Crippen molar-refractivity contribution in [1.29, 1.82) is 0 Å². The highest BCUT2D eigenvalue weighted by Gasteiger charge is 2.25. The third-order valence-electron chi connectivity index (χ3n) is 2.52. The maximum absolute atomic E-state index is 10.9. The van der Waals surface area contributed by atoms with Crippen LogP contribution >= 0.6 is 0 Å². The molecule has 1 aromatic heterocycles. The average Bonchev–Trinajstić information content (AvgIpc) is 2.16. The van der Waals surface area contributed by atoms with Crippen molar-refractivity contribution in [1.82, 2.24) is 0 Å². The molecule has 1 atom stereocenters. The average molecular weight is 244 g/mol. The van der Waals surface area contributed by atoms with Crippen molar-refractivity contribution < 1.29 is 17.5 Å². The van der Waals surface area contributed by atoms with Crippen LogP contribution in [-0.4, -0.2) is 18.7 Å². The summed E-state index contributed by atoms with van der Waals surface area (Å²) in [6.45, 7) is 3.92. The highest BCUT2D eigenvalue weighted by molar-refractivity contribution is 7.85. The fourth-order valence-corrected chi connectivity index (χ4v) is 2.64. The molecule has 1 unspecified atom stereocenters. The Morgan fingerprint density at radius 1 is 1.44 bits per heavy atom. The number of hydrogen-bond acceptors (Lipinski definition) is 2. The quantitative estimate of drug-likeness (QED) is 0.631. The van der Waals surface area contributed by atoms with Crippen LogP contribution in [0.5, 0.6) is 0 Å². The van der Waals surface area contributed by atoms with Crippen molar-refractivity contribution >= 4 is 10.1 Å². The largest absolute Gasteiger partial charge is 0.285 e. The maximum Gasteiger partial charge on any atom is 0.271 e. The van der Waals surface area contributed by atoms with Crippen molar-refractivity contribution in [3.05, 3.63) is 30.1 Å². The molecule has 0 radical (unpaired) electrons. The lowest BCUT2D eigenvalue weighted by Gasteiger charge is -2.11. The van der Waals surface area contributed by atoms with Gasteiger partial charge in [-0.1, -0.05) is 13.0 Å². The molecule has 5 heteroatoms. The van der Waals surface area contributed by atoms with Gasteiger partial charge in [0.2, 0.25) is 0 Å². The van der Waals surface area contributed by atoms with Crippen LogP contribution in [0, 0.1) is 6.92 Å². The van der Waals surface area contributed by atoms with Crippen LogP contribution in [0.15, 0.2) is 24.4 Å². The Kier molecular flexibility index (Phi) is 4.44. The van der Waals surface area contributed by atoms with Gasteiger partial charge in [-0.25, -0.2) is 0 Å². The topological polar surface area (TPSA) is 58.3 Å². The molecule has 1 rings (SSSR count). The van der Waals surface area contributed by atoms with Gasteiger partial charge in [0.25, 0.3) is 10.1 Å². The van der Waals surface area contributed by atoms with E-state index in [-0.39, 0.29) is 11.8 Å². The number of hydrogen-bond donors (Lipinski definition) is 1. The zero-order valence-corrected chi connectivity index (χ0v) is 10.4. The van der Waals surface area contributed by atoms with Crippen LogP contribution in [0.4, 0.5) is 0 Å². The summed E-state index contributed by atoms with van der Waals surface area (Å²) in [6.07, 6.45) is 3.46. The van der Waals surface area contributed by atoms with Gasteiger partial charge in [-0.3, -0.25) is 4.55 Å².